The van der Waals surface area contributed by atoms with Gasteiger partial charge >= 0.3 is 0 Å². The van der Waals surface area contributed by atoms with Crippen molar-refractivity contribution in [1.82, 2.24) is 10.2 Å². The standard InChI is InChI=1S/C26H29N3O4S/c1-20-14-16-23(17-15-20)29(34(32,33)24-12-8-5-9-13-24)19-25(30)28(21(2)26(31)27-3)18-22-10-6-4-7-11-22/h4-17,21H,18-19H2,1-3H3,(H,27,31)/t21-/m0/s1. The van der Waals surface area contributed by atoms with Gasteiger partial charge in [-0.25, -0.2) is 8.42 Å². The molecule has 0 unspecified atom stereocenters. The summed E-state index contributed by atoms with van der Waals surface area (Å²) in [4.78, 5) is 27.5. The van der Waals surface area contributed by atoms with E-state index in [1.807, 2.05) is 37.3 Å². The number of nitrogens with zero attached hydrogens (tertiary/aromatic N) is 2. The summed E-state index contributed by atoms with van der Waals surface area (Å²) < 4.78 is 28.2. The molecule has 0 aliphatic heterocycles. The molecule has 0 saturated heterocycles. The van der Waals surface area contributed by atoms with E-state index in [2.05, 4.69) is 5.32 Å². The van der Waals surface area contributed by atoms with Gasteiger partial charge in [-0.05, 0) is 43.7 Å². The zero-order chi connectivity index (χ0) is 24.7. The predicted octanol–water partition coefficient (Wildman–Crippen LogP) is 3.35. The summed E-state index contributed by atoms with van der Waals surface area (Å²) in [5.41, 5.74) is 2.17. The SMILES string of the molecule is CNC(=O)[C@H](C)N(Cc1ccccc1)C(=O)CN(c1ccc(C)cc1)S(=O)(=O)c1ccccc1. The normalized spacial score (nSPS) is 12.0. The molecule has 0 saturated carbocycles. The second-order valence-electron chi connectivity index (χ2n) is 7.96. The Morgan fingerprint density at radius 3 is 2.00 bits per heavy atom. The van der Waals surface area contributed by atoms with Gasteiger partial charge in [-0.3, -0.25) is 13.9 Å². The highest BCUT2D eigenvalue weighted by Crippen LogP contribution is 2.25. The maximum absolute atomic E-state index is 13.6. The second-order valence-corrected chi connectivity index (χ2v) is 9.82. The van der Waals surface area contributed by atoms with E-state index in [0.717, 1.165) is 15.4 Å². The van der Waals surface area contributed by atoms with Crippen molar-refractivity contribution in [3.63, 3.8) is 0 Å². The van der Waals surface area contributed by atoms with Crippen LogP contribution in [-0.4, -0.2) is 44.8 Å². The van der Waals surface area contributed by atoms with E-state index in [-0.39, 0.29) is 17.3 Å². The number of rotatable bonds is 9. The van der Waals surface area contributed by atoms with E-state index in [1.54, 1.807) is 49.4 Å². The Bertz CT molecular complexity index is 1210. The van der Waals surface area contributed by atoms with Gasteiger partial charge in [0.15, 0.2) is 0 Å². The third kappa shape index (κ3) is 5.82. The largest absolute Gasteiger partial charge is 0.357 e. The minimum absolute atomic E-state index is 0.0809. The van der Waals surface area contributed by atoms with Crippen LogP contribution in [0.2, 0.25) is 0 Å². The lowest BCUT2D eigenvalue weighted by molar-refractivity contribution is -0.139. The Morgan fingerprint density at radius 1 is 0.882 bits per heavy atom. The maximum Gasteiger partial charge on any atom is 0.264 e. The first-order valence-electron chi connectivity index (χ1n) is 10.9. The smallest absolute Gasteiger partial charge is 0.264 e. The molecule has 0 heterocycles. The fraction of sp³-hybridized carbons (Fsp3) is 0.231. The van der Waals surface area contributed by atoms with E-state index >= 15 is 0 Å². The maximum atomic E-state index is 13.6. The van der Waals surface area contributed by atoms with Gasteiger partial charge in [0.2, 0.25) is 11.8 Å². The van der Waals surface area contributed by atoms with E-state index in [1.165, 1.54) is 24.1 Å². The molecular formula is C26H29N3O4S. The molecule has 3 rings (SSSR count). The van der Waals surface area contributed by atoms with Gasteiger partial charge in [-0.15, -0.1) is 0 Å². The monoisotopic (exact) mass is 479 g/mol. The van der Waals surface area contributed by atoms with Crippen LogP contribution in [0.5, 0.6) is 0 Å². The summed E-state index contributed by atoms with van der Waals surface area (Å²) in [6.45, 7) is 3.25. The molecule has 0 spiro atoms. The van der Waals surface area contributed by atoms with Crippen molar-refractivity contribution in [2.45, 2.75) is 31.3 Å². The fourth-order valence-corrected chi connectivity index (χ4v) is 4.97. The van der Waals surface area contributed by atoms with Crippen molar-refractivity contribution in [3.05, 3.63) is 96.1 Å². The average molecular weight is 480 g/mol. The van der Waals surface area contributed by atoms with Crippen molar-refractivity contribution in [3.8, 4) is 0 Å². The first-order valence-corrected chi connectivity index (χ1v) is 12.4. The molecule has 3 aromatic carbocycles. The number of nitrogens with one attached hydrogen (secondary N) is 1. The Kier molecular flexibility index (Phi) is 8.07. The quantitative estimate of drug-likeness (QED) is 0.510. The number of carbonyl (C=O) groups excluding carboxylic acids is 2. The highest BCUT2D eigenvalue weighted by Gasteiger charge is 2.32. The number of hydrogen-bond acceptors (Lipinski definition) is 4. The first kappa shape index (κ1) is 25.0. The topological polar surface area (TPSA) is 86.8 Å². The molecule has 0 radical (unpaired) electrons. The number of aryl methyl sites for hydroxylation is 1. The lowest BCUT2D eigenvalue weighted by Crippen LogP contribution is -2.50. The molecule has 8 heteroatoms. The first-order chi connectivity index (χ1) is 16.2. The lowest BCUT2D eigenvalue weighted by Gasteiger charge is -2.31. The van der Waals surface area contributed by atoms with Crippen LogP contribution >= 0.6 is 0 Å². The molecule has 7 nitrogen and oxygen atoms in total. The molecule has 0 aliphatic rings. The number of carbonyl (C=O) groups is 2. The van der Waals surface area contributed by atoms with Crippen LogP contribution in [0, 0.1) is 6.92 Å². The molecule has 1 atom stereocenters. The van der Waals surface area contributed by atoms with Crippen LogP contribution in [0.3, 0.4) is 0 Å². The summed E-state index contributed by atoms with van der Waals surface area (Å²) in [6.07, 6.45) is 0. The van der Waals surface area contributed by atoms with E-state index < -0.39 is 28.5 Å². The van der Waals surface area contributed by atoms with Gasteiger partial charge in [-0.2, -0.15) is 0 Å². The number of hydrogen-bond donors (Lipinski definition) is 1. The highest BCUT2D eigenvalue weighted by atomic mass is 32.2. The number of benzene rings is 3. The van der Waals surface area contributed by atoms with Gasteiger partial charge < -0.3 is 10.2 Å². The van der Waals surface area contributed by atoms with Crippen LogP contribution in [0.1, 0.15) is 18.1 Å². The van der Waals surface area contributed by atoms with E-state index in [4.69, 9.17) is 0 Å². The van der Waals surface area contributed by atoms with Gasteiger partial charge in [0, 0.05) is 13.6 Å². The minimum atomic E-state index is -4.03. The van der Waals surface area contributed by atoms with Crippen molar-refractivity contribution >= 4 is 27.5 Å². The lowest BCUT2D eigenvalue weighted by atomic mass is 10.1. The highest BCUT2D eigenvalue weighted by molar-refractivity contribution is 7.92. The third-order valence-electron chi connectivity index (χ3n) is 5.54. The number of sulfonamides is 1. The molecule has 178 valence electrons. The van der Waals surface area contributed by atoms with Crippen LogP contribution < -0.4 is 9.62 Å². The molecule has 0 aromatic heterocycles. The molecule has 0 fully saturated rings. The summed E-state index contributed by atoms with van der Waals surface area (Å²) in [5, 5.41) is 2.57. The van der Waals surface area contributed by atoms with Gasteiger partial charge in [0.25, 0.3) is 10.0 Å². The van der Waals surface area contributed by atoms with Crippen molar-refractivity contribution in [2.75, 3.05) is 17.9 Å². The van der Waals surface area contributed by atoms with E-state index in [0.29, 0.717) is 5.69 Å². The van der Waals surface area contributed by atoms with Gasteiger partial charge in [-0.1, -0.05) is 66.2 Å². The molecule has 34 heavy (non-hydrogen) atoms. The van der Waals surface area contributed by atoms with Crippen LogP contribution in [0.15, 0.2) is 89.8 Å². The van der Waals surface area contributed by atoms with Crippen LogP contribution in [0.4, 0.5) is 5.69 Å². The molecule has 1 N–H and O–H groups in total. The summed E-state index contributed by atoms with van der Waals surface area (Å²) in [7, 11) is -2.53. The zero-order valence-electron chi connectivity index (χ0n) is 19.5. The zero-order valence-corrected chi connectivity index (χ0v) is 20.3. The van der Waals surface area contributed by atoms with Crippen LogP contribution in [0.25, 0.3) is 0 Å². The molecule has 2 amide bonds. The summed E-state index contributed by atoms with van der Waals surface area (Å²) >= 11 is 0. The van der Waals surface area contributed by atoms with Crippen molar-refractivity contribution in [1.29, 1.82) is 0 Å². The minimum Gasteiger partial charge on any atom is -0.357 e. The Hall–Kier alpha value is -3.65. The molecule has 3 aromatic rings. The molecular weight excluding hydrogens is 450 g/mol. The number of anilines is 1. The van der Waals surface area contributed by atoms with Crippen molar-refractivity contribution < 1.29 is 18.0 Å². The van der Waals surface area contributed by atoms with E-state index in [9.17, 15) is 18.0 Å². The second kappa shape index (κ2) is 11.0. The third-order valence-corrected chi connectivity index (χ3v) is 7.33. The number of amides is 2. The fourth-order valence-electron chi connectivity index (χ4n) is 3.53. The molecule has 0 aliphatic carbocycles. The Labute approximate surface area is 201 Å². The van der Waals surface area contributed by atoms with Gasteiger partial charge in [0.1, 0.15) is 12.6 Å². The van der Waals surface area contributed by atoms with Gasteiger partial charge in [0.05, 0.1) is 10.6 Å². The summed E-state index contributed by atoms with van der Waals surface area (Å²) in [5.74, 6) is -0.822. The number of likely N-dealkylation sites (N-methyl/N-ethyl adjacent to an activating group) is 1. The van der Waals surface area contributed by atoms with Crippen LogP contribution in [-0.2, 0) is 26.2 Å². The Balaban J connectivity index is 2.00. The summed E-state index contributed by atoms with van der Waals surface area (Å²) in [6, 6.07) is 23.4. The van der Waals surface area contributed by atoms with Crippen molar-refractivity contribution in [2.24, 2.45) is 0 Å². The Morgan fingerprint density at radius 2 is 1.44 bits per heavy atom. The predicted molar refractivity (Wildman–Crippen MR) is 133 cm³/mol. The molecule has 0 bridgehead atoms. The average Bonchev–Trinajstić information content (AvgIpc) is 2.86.